The zero-order valence-electron chi connectivity index (χ0n) is 15.0. The van der Waals surface area contributed by atoms with Crippen LogP contribution in [0.25, 0.3) is 0 Å². The lowest BCUT2D eigenvalue weighted by atomic mass is 9.89. The van der Waals surface area contributed by atoms with E-state index >= 15 is 0 Å². The van der Waals surface area contributed by atoms with E-state index in [0.717, 1.165) is 0 Å². The predicted molar refractivity (Wildman–Crippen MR) is 101 cm³/mol. The van der Waals surface area contributed by atoms with Crippen molar-refractivity contribution in [2.75, 3.05) is 16.0 Å². The molecule has 3 rings (SSSR count). The molecule has 1 aliphatic rings. The number of nitrogens with one attached hydrogen (secondary N) is 3. The molecule has 7 heteroatoms. The third-order valence-corrected chi connectivity index (χ3v) is 4.32. The quantitative estimate of drug-likeness (QED) is 0.771. The van der Waals surface area contributed by atoms with Gasteiger partial charge in [-0.2, -0.15) is 0 Å². The van der Waals surface area contributed by atoms with Crippen LogP contribution in [0, 0.1) is 11.7 Å². The van der Waals surface area contributed by atoms with Crippen LogP contribution < -0.4 is 16.0 Å². The molecule has 1 atom stereocenters. The molecule has 0 radical (unpaired) electrons. The lowest BCUT2D eigenvalue weighted by Gasteiger charge is -2.25. The Hall–Kier alpha value is -3.22. The zero-order chi connectivity index (χ0) is 19.6. The summed E-state index contributed by atoms with van der Waals surface area (Å²) in [6, 6.07) is 10.7. The number of halogens is 1. The van der Waals surface area contributed by atoms with Gasteiger partial charge in [-0.3, -0.25) is 14.4 Å². The van der Waals surface area contributed by atoms with E-state index in [4.69, 9.17) is 0 Å². The number of hydrogen-bond donors (Lipinski definition) is 3. The Morgan fingerprint density at radius 3 is 2.33 bits per heavy atom. The minimum absolute atomic E-state index is 0.00695. The average molecular weight is 369 g/mol. The van der Waals surface area contributed by atoms with Gasteiger partial charge in [0.05, 0.1) is 5.92 Å². The van der Waals surface area contributed by atoms with Crippen LogP contribution in [0.3, 0.4) is 0 Å². The summed E-state index contributed by atoms with van der Waals surface area (Å²) in [6.45, 7) is 3.60. The van der Waals surface area contributed by atoms with Gasteiger partial charge in [0.2, 0.25) is 17.7 Å². The summed E-state index contributed by atoms with van der Waals surface area (Å²) >= 11 is 0. The maximum atomic E-state index is 13.4. The van der Waals surface area contributed by atoms with Crippen LogP contribution in [0.2, 0.25) is 0 Å². The van der Waals surface area contributed by atoms with Crippen LogP contribution in [-0.4, -0.2) is 17.7 Å². The monoisotopic (exact) mass is 369 g/mol. The smallest absolute Gasteiger partial charge is 0.232 e. The summed E-state index contributed by atoms with van der Waals surface area (Å²) in [7, 11) is 0. The third kappa shape index (κ3) is 4.31. The molecule has 3 amide bonds. The van der Waals surface area contributed by atoms with Crippen molar-refractivity contribution in [1.82, 2.24) is 0 Å². The molecule has 0 fully saturated rings. The van der Waals surface area contributed by atoms with E-state index in [1.807, 2.05) is 0 Å². The predicted octanol–water partition coefficient (Wildman–Crippen LogP) is 3.48. The molecule has 0 aliphatic carbocycles. The van der Waals surface area contributed by atoms with Crippen molar-refractivity contribution in [2.24, 2.45) is 5.92 Å². The third-order valence-electron chi connectivity index (χ3n) is 4.32. The van der Waals surface area contributed by atoms with Crippen LogP contribution in [0.4, 0.5) is 21.5 Å². The number of fused-ring (bicyclic) bond motifs is 1. The van der Waals surface area contributed by atoms with Crippen molar-refractivity contribution in [3.05, 3.63) is 53.8 Å². The Morgan fingerprint density at radius 1 is 1.07 bits per heavy atom. The molecule has 2 aromatic rings. The molecular formula is C20H20FN3O3. The summed E-state index contributed by atoms with van der Waals surface area (Å²) in [6.07, 6.45) is -0.00695. The Balaban J connectivity index is 1.72. The first-order valence-corrected chi connectivity index (χ1v) is 8.64. The number of carbonyl (C=O) groups is 3. The molecule has 6 nitrogen and oxygen atoms in total. The standard InChI is InChI=1S/C20H20FN3O3/c1-11(2)19(26)22-13-4-6-14(7-5-13)23-20(27)16-10-18(25)24-17-9-12(21)3-8-15(16)17/h3-9,11,16H,10H2,1-2H3,(H,22,26)(H,23,27)(H,24,25)/t16-/m1/s1. The van der Waals surface area contributed by atoms with Crippen LogP contribution in [0.15, 0.2) is 42.5 Å². The van der Waals surface area contributed by atoms with Gasteiger partial charge in [-0.05, 0) is 42.0 Å². The molecule has 1 heterocycles. The summed E-state index contributed by atoms with van der Waals surface area (Å²) in [5, 5.41) is 8.12. The number of hydrogen-bond acceptors (Lipinski definition) is 3. The molecule has 140 valence electrons. The van der Waals surface area contributed by atoms with Crippen LogP contribution >= 0.6 is 0 Å². The van der Waals surface area contributed by atoms with Crippen molar-refractivity contribution in [2.45, 2.75) is 26.2 Å². The van der Waals surface area contributed by atoms with Gasteiger partial charge >= 0.3 is 0 Å². The second kappa shape index (κ2) is 7.57. The van der Waals surface area contributed by atoms with E-state index < -0.39 is 11.7 Å². The molecule has 3 N–H and O–H groups in total. The molecule has 0 saturated carbocycles. The lowest BCUT2D eigenvalue weighted by Crippen LogP contribution is -2.30. The number of anilines is 3. The highest BCUT2D eigenvalue weighted by atomic mass is 19.1. The molecule has 0 unspecified atom stereocenters. The van der Waals surface area contributed by atoms with Gasteiger partial charge in [-0.1, -0.05) is 19.9 Å². The Kier molecular flexibility index (Phi) is 5.21. The largest absolute Gasteiger partial charge is 0.326 e. The fourth-order valence-corrected chi connectivity index (χ4v) is 2.82. The molecule has 0 aromatic heterocycles. The molecule has 0 spiro atoms. The maximum Gasteiger partial charge on any atom is 0.232 e. The number of rotatable bonds is 4. The molecular weight excluding hydrogens is 349 g/mol. The summed E-state index contributed by atoms with van der Waals surface area (Å²) in [4.78, 5) is 36.2. The van der Waals surface area contributed by atoms with E-state index in [1.54, 1.807) is 38.1 Å². The highest BCUT2D eigenvalue weighted by Gasteiger charge is 2.31. The highest BCUT2D eigenvalue weighted by molar-refractivity contribution is 6.05. The van der Waals surface area contributed by atoms with E-state index in [1.165, 1.54) is 18.2 Å². The molecule has 1 aliphatic heterocycles. The maximum absolute atomic E-state index is 13.4. The normalized spacial score (nSPS) is 15.7. The number of carbonyl (C=O) groups excluding carboxylic acids is 3. The van der Waals surface area contributed by atoms with Crippen LogP contribution in [-0.2, 0) is 14.4 Å². The zero-order valence-corrected chi connectivity index (χ0v) is 15.0. The molecule has 0 saturated heterocycles. The second-order valence-corrected chi connectivity index (χ2v) is 6.75. The minimum Gasteiger partial charge on any atom is -0.326 e. The van der Waals surface area contributed by atoms with Crippen molar-refractivity contribution >= 4 is 34.8 Å². The van der Waals surface area contributed by atoms with Gasteiger partial charge < -0.3 is 16.0 Å². The first kappa shape index (κ1) is 18.6. The lowest BCUT2D eigenvalue weighted by molar-refractivity contribution is -0.123. The van der Waals surface area contributed by atoms with Gasteiger partial charge in [0.15, 0.2) is 0 Å². The fraction of sp³-hybridized carbons (Fsp3) is 0.250. The molecule has 2 aromatic carbocycles. The summed E-state index contributed by atoms with van der Waals surface area (Å²) < 4.78 is 13.4. The topological polar surface area (TPSA) is 87.3 Å². The van der Waals surface area contributed by atoms with Gasteiger partial charge in [0, 0.05) is 29.4 Å². The second-order valence-electron chi connectivity index (χ2n) is 6.75. The van der Waals surface area contributed by atoms with E-state index in [2.05, 4.69) is 16.0 Å². The number of benzene rings is 2. The minimum atomic E-state index is -0.699. The summed E-state index contributed by atoms with van der Waals surface area (Å²) in [5.41, 5.74) is 2.06. The highest BCUT2D eigenvalue weighted by Crippen LogP contribution is 2.33. The molecule has 27 heavy (non-hydrogen) atoms. The van der Waals surface area contributed by atoms with Crippen molar-refractivity contribution in [3.8, 4) is 0 Å². The summed E-state index contributed by atoms with van der Waals surface area (Å²) in [5.74, 6) is -2.09. The first-order valence-electron chi connectivity index (χ1n) is 8.64. The van der Waals surface area contributed by atoms with E-state index in [-0.39, 0.29) is 30.1 Å². The van der Waals surface area contributed by atoms with Gasteiger partial charge in [0.1, 0.15) is 5.82 Å². The first-order chi connectivity index (χ1) is 12.8. The Labute approximate surface area is 156 Å². The molecule has 0 bridgehead atoms. The van der Waals surface area contributed by atoms with E-state index in [0.29, 0.717) is 22.6 Å². The van der Waals surface area contributed by atoms with Gasteiger partial charge in [-0.15, -0.1) is 0 Å². The fourth-order valence-electron chi connectivity index (χ4n) is 2.82. The van der Waals surface area contributed by atoms with Gasteiger partial charge in [0.25, 0.3) is 0 Å². The average Bonchev–Trinajstić information content (AvgIpc) is 2.62. The van der Waals surface area contributed by atoms with Crippen LogP contribution in [0.5, 0.6) is 0 Å². The van der Waals surface area contributed by atoms with Crippen LogP contribution in [0.1, 0.15) is 31.7 Å². The SMILES string of the molecule is CC(C)C(=O)Nc1ccc(NC(=O)[C@@H]2CC(=O)Nc3cc(F)ccc32)cc1. The Morgan fingerprint density at radius 2 is 1.70 bits per heavy atom. The van der Waals surface area contributed by atoms with Crippen molar-refractivity contribution < 1.29 is 18.8 Å². The van der Waals surface area contributed by atoms with Gasteiger partial charge in [-0.25, -0.2) is 4.39 Å². The number of amides is 3. The van der Waals surface area contributed by atoms with Crippen molar-refractivity contribution in [3.63, 3.8) is 0 Å². The van der Waals surface area contributed by atoms with E-state index in [9.17, 15) is 18.8 Å². The Bertz CT molecular complexity index is 894. The van der Waals surface area contributed by atoms with Crippen molar-refractivity contribution in [1.29, 1.82) is 0 Å².